The molecule has 0 saturated heterocycles. The van der Waals surface area contributed by atoms with E-state index in [1.165, 1.54) is 5.56 Å². The smallest absolute Gasteiger partial charge is 0.146 e. The van der Waals surface area contributed by atoms with E-state index in [9.17, 15) is 0 Å². The van der Waals surface area contributed by atoms with Crippen LogP contribution in [0.2, 0.25) is 0 Å². The Bertz CT molecular complexity index is 1400. The lowest BCUT2D eigenvalue weighted by atomic mass is 9.99. The minimum Gasteiger partial charge on any atom is -0.329 e. The molecule has 5 aromatic rings. The molecule has 5 rings (SSSR count). The van der Waals surface area contributed by atoms with Gasteiger partial charge in [-0.05, 0) is 16.7 Å². The van der Waals surface area contributed by atoms with Crippen LogP contribution in [0.1, 0.15) is 5.56 Å². The summed E-state index contributed by atoms with van der Waals surface area (Å²) < 4.78 is 4.07. The van der Waals surface area contributed by atoms with Crippen LogP contribution in [-0.4, -0.2) is 20.7 Å². The minimum atomic E-state index is 0.434. The van der Waals surface area contributed by atoms with Gasteiger partial charge in [0.1, 0.15) is 11.1 Å². The van der Waals surface area contributed by atoms with Gasteiger partial charge in [-0.15, -0.1) is 0 Å². The van der Waals surface area contributed by atoms with E-state index >= 15 is 0 Å². The van der Waals surface area contributed by atoms with Gasteiger partial charge < -0.3 is 14.9 Å². The van der Waals surface area contributed by atoms with Crippen molar-refractivity contribution < 1.29 is 0 Å². The predicted molar refractivity (Wildman–Crippen MR) is 129 cm³/mol. The fourth-order valence-electron chi connectivity index (χ4n) is 4.30. The highest BCUT2D eigenvalue weighted by Gasteiger charge is 2.23. The van der Waals surface area contributed by atoms with Gasteiger partial charge >= 0.3 is 0 Å². The van der Waals surface area contributed by atoms with E-state index in [1.807, 2.05) is 34.9 Å². The Labute approximate surface area is 186 Å². The van der Waals surface area contributed by atoms with Crippen LogP contribution in [0.15, 0.2) is 97.3 Å². The molecule has 0 aliphatic carbocycles. The summed E-state index contributed by atoms with van der Waals surface area (Å²) >= 11 is 0. The third kappa shape index (κ3) is 3.53. The number of benzene rings is 3. The zero-order valence-corrected chi connectivity index (χ0v) is 17.8. The van der Waals surface area contributed by atoms with Gasteiger partial charge in [0, 0.05) is 25.2 Å². The van der Waals surface area contributed by atoms with Crippen LogP contribution in [0.5, 0.6) is 0 Å². The Kier molecular flexibility index (Phi) is 5.40. The largest absolute Gasteiger partial charge is 0.329 e. The minimum absolute atomic E-state index is 0.434. The molecule has 0 bridgehead atoms. The molecular weight excluding hydrogens is 394 g/mol. The molecule has 0 spiro atoms. The first kappa shape index (κ1) is 20.0. The number of aromatic nitrogens is 3. The van der Waals surface area contributed by atoms with E-state index in [0.717, 1.165) is 33.4 Å². The van der Waals surface area contributed by atoms with Crippen molar-refractivity contribution in [1.82, 2.24) is 14.1 Å². The molecule has 0 atom stereocenters. The maximum absolute atomic E-state index is 9.04. The van der Waals surface area contributed by atoms with E-state index in [1.54, 1.807) is 6.33 Å². The van der Waals surface area contributed by atoms with Gasteiger partial charge in [0.15, 0.2) is 0 Å². The normalized spacial score (nSPS) is 11.2. The first-order valence-corrected chi connectivity index (χ1v) is 10.8. The van der Waals surface area contributed by atoms with Gasteiger partial charge in [0.2, 0.25) is 0 Å². The van der Waals surface area contributed by atoms with Crippen LogP contribution < -0.4 is 11.2 Å². The zero-order valence-electron chi connectivity index (χ0n) is 17.8. The lowest BCUT2D eigenvalue weighted by molar-refractivity contribution is 0.654. The Morgan fingerprint density at radius 3 is 2.00 bits per heavy atom. The molecular formula is C27H25N5. The molecule has 32 heavy (non-hydrogen) atoms. The van der Waals surface area contributed by atoms with Gasteiger partial charge in [-0.1, -0.05) is 91.0 Å². The topological polar surface area (TPSA) is 72.6 Å². The first-order valence-electron chi connectivity index (χ1n) is 10.8. The fraction of sp³-hybridized carbons (Fsp3) is 0.111. The van der Waals surface area contributed by atoms with E-state index in [0.29, 0.717) is 25.1 Å². The molecule has 2 aromatic heterocycles. The Morgan fingerprint density at radius 2 is 1.38 bits per heavy atom. The molecule has 0 saturated carbocycles. The number of nitrogens with one attached hydrogen (secondary N) is 1. The molecule has 0 unspecified atom stereocenters. The summed E-state index contributed by atoms with van der Waals surface area (Å²) in [5.41, 5.74) is 12.5. The second-order valence-corrected chi connectivity index (χ2v) is 7.80. The highest BCUT2D eigenvalue weighted by Crippen LogP contribution is 2.39. The molecule has 3 aromatic carbocycles. The van der Waals surface area contributed by atoms with Gasteiger partial charge in [0.05, 0.1) is 17.4 Å². The van der Waals surface area contributed by atoms with Crippen LogP contribution >= 0.6 is 0 Å². The summed E-state index contributed by atoms with van der Waals surface area (Å²) in [7, 11) is 0. The molecule has 0 fully saturated rings. The molecule has 0 radical (unpaired) electrons. The molecule has 0 aliphatic heterocycles. The van der Waals surface area contributed by atoms with Crippen molar-refractivity contribution in [3.05, 3.63) is 108 Å². The van der Waals surface area contributed by atoms with Crippen LogP contribution in [0.3, 0.4) is 0 Å². The lowest BCUT2D eigenvalue weighted by Gasteiger charge is -2.13. The number of nitrogens with two attached hydrogens (primary N) is 1. The van der Waals surface area contributed by atoms with Crippen molar-refractivity contribution in [2.45, 2.75) is 13.1 Å². The standard InChI is InChI=1S/C27H25N5/c28-16-17-31-19-30-27-24(26(31)29)23(21-12-6-2-7-13-21)25(22-14-8-3-9-15-22)32(27)18-20-10-4-1-5-11-20/h1-15,19,29H,16-18,28H2. The summed E-state index contributed by atoms with van der Waals surface area (Å²) in [6.45, 7) is 1.68. The highest BCUT2D eigenvalue weighted by atomic mass is 15.1. The van der Waals surface area contributed by atoms with Crippen molar-refractivity contribution in [1.29, 1.82) is 5.41 Å². The van der Waals surface area contributed by atoms with Gasteiger partial charge in [-0.3, -0.25) is 5.41 Å². The monoisotopic (exact) mass is 419 g/mol. The molecule has 3 N–H and O–H groups in total. The van der Waals surface area contributed by atoms with Crippen molar-refractivity contribution in [2.24, 2.45) is 5.73 Å². The fourth-order valence-corrected chi connectivity index (χ4v) is 4.30. The molecule has 2 heterocycles. The third-order valence-corrected chi connectivity index (χ3v) is 5.74. The van der Waals surface area contributed by atoms with Crippen molar-refractivity contribution in [3.63, 3.8) is 0 Å². The van der Waals surface area contributed by atoms with Crippen LogP contribution in [0, 0.1) is 5.41 Å². The van der Waals surface area contributed by atoms with Crippen LogP contribution in [-0.2, 0) is 13.1 Å². The van der Waals surface area contributed by atoms with E-state index < -0.39 is 0 Å². The summed E-state index contributed by atoms with van der Waals surface area (Å²) in [5, 5.41) is 9.89. The van der Waals surface area contributed by atoms with Crippen molar-refractivity contribution >= 4 is 11.0 Å². The maximum Gasteiger partial charge on any atom is 0.146 e. The number of hydrogen-bond acceptors (Lipinski definition) is 3. The lowest BCUT2D eigenvalue weighted by Crippen LogP contribution is -2.24. The summed E-state index contributed by atoms with van der Waals surface area (Å²) in [6, 6.07) is 31.1. The molecule has 5 nitrogen and oxygen atoms in total. The molecule has 158 valence electrons. The average molecular weight is 420 g/mol. The Balaban J connectivity index is 1.91. The second kappa shape index (κ2) is 8.65. The van der Waals surface area contributed by atoms with Crippen LogP contribution in [0.4, 0.5) is 0 Å². The predicted octanol–water partition coefficient (Wildman–Crippen LogP) is 4.66. The quantitative estimate of drug-likeness (QED) is 0.420. The average Bonchev–Trinajstić information content (AvgIpc) is 3.17. The number of hydrogen-bond donors (Lipinski definition) is 2. The molecule has 0 amide bonds. The second-order valence-electron chi connectivity index (χ2n) is 7.80. The van der Waals surface area contributed by atoms with Crippen molar-refractivity contribution in [3.8, 4) is 22.4 Å². The zero-order chi connectivity index (χ0) is 21.9. The van der Waals surface area contributed by atoms with Crippen molar-refractivity contribution in [2.75, 3.05) is 6.54 Å². The van der Waals surface area contributed by atoms with E-state index in [4.69, 9.17) is 16.1 Å². The van der Waals surface area contributed by atoms with Gasteiger partial charge in [-0.25, -0.2) is 4.98 Å². The first-order chi connectivity index (χ1) is 15.8. The SMILES string of the molecule is N=c1c2c(-c3ccccc3)c(-c3ccccc3)n(Cc3ccccc3)c2ncn1CCN. The van der Waals surface area contributed by atoms with Crippen LogP contribution in [0.25, 0.3) is 33.4 Å². The number of fused-ring (bicyclic) bond motifs is 1. The molecule has 5 heteroatoms. The summed E-state index contributed by atoms with van der Waals surface area (Å²) in [6.07, 6.45) is 1.74. The van der Waals surface area contributed by atoms with E-state index in [-0.39, 0.29) is 0 Å². The Hall–Kier alpha value is -3.96. The van der Waals surface area contributed by atoms with Gasteiger partial charge in [0.25, 0.3) is 0 Å². The maximum atomic E-state index is 9.04. The number of nitrogens with zero attached hydrogens (tertiary/aromatic N) is 3. The Morgan fingerprint density at radius 1 is 0.781 bits per heavy atom. The number of rotatable bonds is 6. The van der Waals surface area contributed by atoms with E-state index in [2.05, 4.69) is 65.2 Å². The molecule has 0 aliphatic rings. The summed E-state index contributed by atoms with van der Waals surface area (Å²) in [5.74, 6) is 0. The highest BCUT2D eigenvalue weighted by molar-refractivity contribution is 6.02. The summed E-state index contributed by atoms with van der Waals surface area (Å²) in [4.78, 5) is 4.84. The van der Waals surface area contributed by atoms with Gasteiger partial charge in [-0.2, -0.15) is 0 Å². The third-order valence-electron chi connectivity index (χ3n) is 5.74.